The molecule has 0 aliphatic heterocycles. The minimum atomic E-state index is -1.43. The molecule has 114 valence electrons. The number of carboxylic acid groups (broad SMARTS) is 1. The number of hydrogen-bond acceptors (Lipinski definition) is 3. The topological polar surface area (TPSA) is 87.7 Å². The number of nitrogens with one attached hydrogen (secondary N) is 2. The summed E-state index contributed by atoms with van der Waals surface area (Å²) in [5, 5.41) is 14.1. The molecule has 21 heavy (non-hydrogen) atoms. The van der Waals surface area contributed by atoms with E-state index in [1.807, 2.05) is 0 Å². The van der Waals surface area contributed by atoms with Gasteiger partial charge in [-0.15, -0.1) is 0 Å². The minimum absolute atomic E-state index is 0.0535. The van der Waals surface area contributed by atoms with Crippen LogP contribution in [0, 0.1) is 5.82 Å². The zero-order chi connectivity index (χ0) is 15.4. The molecule has 3 N–H and O–H groups in total. The lowest BCUT2D eigenvalue weighted by molar-refractivity contribution is 0.0693. The SMILES string of the molecule is COC1CCCC1NC(=O)Nc1cccc(F)c1C(=O)O. The molecule has 0 aromatic heterocycles. The van der Waals surface area contributed by atoms with E-state index in [1.165, 1.54) is 12.1 Å². The highest BCUT2D eigenvalue weighted by molar-refractivity contribution is 6.00. The summed E-state index contributed by atoms with van der Waals surface area (Å²) in [7, 11) is 1.58. The quantitative estimate of drug-likeness (QED) is 0.795. The number of rotatable bonds is 4. The van der Waals surface area contributed by atoms with E-state index in [0.29, 0.717) is 0 Å². The van der Waals surface area contributed by atoms with Crippen molar-refractivity contribution in [3.63, 3.8) is 0 Å². The van der Waals surface area contributed by atoms with E-state index in [0.717, 1.165) is 25.3 Å². The van der Waals surface area contributed by atoms with Crippen LogP contribution in [-0.2, 0) is 4.74 Å². The summed E-state index contributed by atoms with van der Waals surface area (Å²) in [6.07, 6.45) is 2.55. The van der Waals surface area contributed by atoms with Crippen molar-refractivity contribution in [2.24, 2.45) is 0 Å². The number of hydrogen-bond donors (Lipinski definition) is 3. The molecule has 1 aromatic carbocycles. The number of urea groups is 1. The number of aromatic carboxylic acids is 1. The third-order valence-corrected chi connectivity index (χ3v) is 3.55. The number of halogens is 1. The molecule has 1 aromatic rings. The van der Waals surface area contributed by atoms with Crippen molar-refractivity contribution in [3.8, 4) is 0 Å². The maximum Gasteiger partial charge on any atom is 0.340 e. The van der Waals surface area contributed by atoms with Crippen LogP contribution in [-0.4, -0.2) is 36.4 Å². The van der Waals surface area contributed by atoms with E-state index in [-0.39, 0.29) is 17.8 Å². The Kier molecular flexibility index (Phi) is 4.74. The third kappa shape index (κ3) is 3.49. The number of carboxylic acids is 1. The van der Waals surface area contributed by atoms with Gasteiger partial charge in [-0.3, -0.25) is 0 Å². The van der Waals surface area contributed by atoms with E-state index < -0.39 is 23.4 Å². The zero-order valence-corrected chi connectivity index (χ0v) is 11.6. The van der Waals surface area contributed by atoms with Crippen molar-refractivity contribution >= 4 is 17.7 Å². The van der Waals surface area contributed by atoms with Gasteiger partial charge in [-0.05, 0) is 31.4 Å². The fraction of sp³-hybridized carbons (Fsp3) is 0.429. The van der Waals surface area contributed by atoms with Gasteiger partial charge in [-0.2, -0.15) is 0 Å². The second-order valence-electron chi connectivity index (χ2n) is 4.88. The normalized spacial score (nSPS) is 21.0. The van der Waals surface area contributed by atoms with Gasteiger partial charge in [0.2, 0.25) is 0 Å². The van der Waals surface area contributed by atoms with E-state index in [4.69, 9.17) is 9.84 Å². The Bertz CT molecular complexity index is 550. The van der Waals surface area contributed by atoms with Gasteiger partial charge in [-0.25, -0.2) is 14.0 Å². The van der Waals surface area contributed by atoms with E-state index in [9.17, 15) is 14.0 Å². The van der Waals surface area contributed by atoms with Crippen molar-refractivity contribution < 1.29 is 23.8 Å². The number of amides is 2. The summed E-state index contributed by atoms with van der Waals surface area (Å²) in [5.41, 5.74) is -0.630. The Hall–Kier alpha value is -2.15. The number of carbonyl (C=O) groups excluding carboxylic acids is 1. The van der Waals surface area contributed by atoms with Gasteiger partial charge >= 0.3 is 12.0 Å². The fourth-order valence-electron chi connectivity index (χ4n) is 2.55. The molecule has 0 heterocycles. The maximum absolute atomic E-state index is 13.5. The van der Waals surface area contributed by atoms with Gasteiger partial charge in [0, 0.05) is 7.11 Å². The van der Waals surface area contributed by atoms with E-state index in [1.54, 1.807) is 7.11 Å². The molecule has 1 fully saturated rings. The average molecular weight is 296 g/mol. The molecule has 2 unspecified atom stereocenters. The Balaban J connectivity index is 2.06. The summed E-state index contributed by atoms with van der Waals surface area (Å²) in [6.45, 7) is 0. The monoisotopic (exact) mass is 296 g/mol. The number of ether oxygens (including phenoxy) is 1. The first-order valence-corrected chi connectivity index (χ1v) is 6.65. The summed E-state index contributed by atoms with van der Waals surface area (Å²) < 4.78 is 18.8. The van der Waals surface area contributed by atoms with Gasteiger partial charge in [0.25, 0.3) is 0 Å². The van der Waals surface area contributed by atoms with Crippen molar-refractivity contribution in [1.29, 1.82) is 0 Å². The predicted octanol–water partition coefficient (Wildman–Crippen LogP) is 2.21. The molecule has 0 bridgehead atoms. The Morgan fingerprint density at radius 1 is 1.38 bits per heavy atom. The van der Waals surface area contributed by atoms with Gasteiger partial charge in [0.15, 0.2) is 0 Å². The number of benzene rings is 1. The van der Waals surface area contributed by atoms with Crippen LogP contribution in [0.5, 0.6) is 0 Å². The van der Waals surface area contributed by atoms with Gasteiger partial charge < -0.3 is 20.5 Å². The van der Waals surface area contributed by atoms with Crippen molar-refractivity contribution in [2.75, 3.05) is 12.4 Å². The molecule has 0 radical (unpaired) electrons. The summed E-state index contributed by atoms with van der Waals surface area (Å²) in [6, 6.07) is 3.01. The first kappa shape index (κ1) is 15.2. The van der Waals surface area contributed by atoms with Crippen molar-refractivity contribution in [3.05, 3.63) is 29.6 Å². The molecular formula is C14H17FN2O4. The highest BCUT2D eigenvalue weighted by Gasteiger charge is 2.28. The zero-order valence-electron chi connectivity index (χ0n) is 11.6. The molecule has 1 saturated carbocycles. The first-order chi connectivity index (χ1) is 10.0. The third-order valence-electron chi connectivity index (χ3n) is 3.55. The molecule has 0 saturated heterocycles. The lowest BCUT2D eigenvalue weighted by atomic mass is 10.1. The molecule has 2 rings (SSSR count). The van der Waals surface area contributed by atoms with Gasteiger partial charge in [0.05, 0.1) is 17.8 Å². The second kappa shape index (κ2) is 6.53. The molecule has 2 atom stereocenters. The molecule has 6 nitrogen and oxygen atoms in total. The fourth-order valence-corrected chi connectivity index (χ4v) is 2.55. The first-order valence-electron chi connectivity index (χ1n) is 6.65. The Morgan fingerprint density at radius 3 is 2.81 bits per heavy atom. The highest BCUT2D eigenvalue weighted by Crippen LogP contribution is 2.22. The highest BCUT2D eigenvalue weighted by atomic mass is 19.1. The molecule has 0 spiro atoms. The standard InChI is InChI=1S/C14H17FN2O4/c1-21-11-7-3-5-9(11)16-14(20)17-10-6-2-4-8(15)12(10)13(18)19/h2,4,6,9,11H,3,5,7H2,1H3,(H,18,19)(H2,16,17,20). The number of methoxy groups -OCH3 is 1. The summed E-state index contributed by atoms with van der Waals surface area (Å²) >= 11 is 0. The lowest BCUT2D eigenvalue weighted by Crippen LogP contribution is -2.43. The summed E-state index contributed by atoms with van der Waals surface area (Å²) in [4.78, 5) is 23.0. The van der Waals surface area contributed by atoms with Crippen LogP contribution in [0.2, 0.25) is 0 Å². The Labute approximate surface area is 121 Å². The van der Waals surface area contributed by atoms with Crippen LogP contribution in [0.1, 0.15) is 29.6 Å². The van der Waals surface area contributed by atoms with Crippen LogP contribution in [0.4, 0.5) is 14.9 Å². The van der Waals surface area contributed by atoms with Crippen molar-refractivity contribution in [2.45, 2.75) is 31.4 Å². The van der Waals surface area contributed by atoms with E-state index in [2.05, 4.69) is 10.6 Å². The number of carbonyl (C=O) groups is 2. The average Bonchev–Trinajstić information content (AvgIpc) is 2.85. The summed E-state index contributed by atoms with van der Waals surface area (Å²) in [5.74, 6) is -2.32. The molecule has 1 aliphatic carbocycles. The largest absolute Gasteiger partial charge is 0.478 e. The maximum atomic E-state index is 13.5. The van der Waals surface area contributed by atoms with E-state index >= 15 is 0 Å². The molecule has 1 aliphatic rings. The van der Waals surface area contributed by atoms with Crippen LogP contribution in [0.25, 0.3) is 0 Å². The van der Waals surface area contributed by atoms with Gasteiger partial charge in [0.1, 0.15) is 11.4 Å². The second-order valence-corrected chi connectivity index (χ2v) is 4.88. The smallest absolute Gasteiger partial charge is 0.340 e. The van der Waals surface area contributed by atoms with Crippen LogP contribution < -0.4 is 10.6 Å². The lowest BCUT2D eigenvalue weighted by Gasteiger charge is -2.20. The number of anilines is 1. The molecule has 7 heteroatoms. The Morgan fingerprint density at radius 2 is 2.14 bits per heavy atom. The molecule has 2 amide bonds. The van der Waals surface area contributed by atoms with Crippen LogP contribution in [0.15, 0.2) is 18.2 Å². The van der Waals surface area contributed by atoms with Crippen LogP contribution in [0.3, 0.4) is 0 Å². The van der Waals surface area contributed by atoms with Gasteiger partial charge in [-0.1, -0.05) is 6.07 Å². The van der Waals surface area contributed by atoms with Crippen molar-refractivity contribution in [1.82, 2.24) is 5.32 Å². The minimum Gasteiger partial charge on any atom is -0.478 e. The predicted molar refractivity (Wildman–Crippen MR) is 73.9 cm³/mol. The van der Waals surface area contributed by atoms with Crippen LogP contribution >= 0.6 is 0 Å². The molecular weight excluding hydrogens is 279 g/mol.